The SMILES string of the molecule is CCc1ccc2c(COC(=O)CCOc3cccc(C)c3)cc(=O)oc2c1. The van der Waals surface area contributed by atoms with Crippen molar-refractivity contribution in [2.24, 2.45) is 0 Å². The molecule has 0 bridgehead atoms. The zero-order valence-electron chi connectivity index (χ0n) is 15.5. The molecule has 0 atom stereocenters. The number of fused-ring (bicyclic) bond motifs is 1. The summed E-state index contributed by atoms with van der Waals surface area (Å²) in [7, 11) is 0. The van der Waals surface area contributed by atoms with E-state index in [1.807, 2.05) is 56.3 Å². The van der Waals surface area contributed by atoms with Gasteiger partial charge in [0, 0.05) is 17.0 Å². The minimum Gasteiger partial charge on any atom is -0.493 e. The zero-order chi connectivity index (χ0) is 19.2. The van der Waals surface area contributed by atoms with Gasteiger partial charge in [-0.15, -0.1) is 0 Å². The first-order valence-corrected chi connectivity index (χ1v) is 8.96. The fourth-order valence-electron chi connectivity index (χ4n) is 2.80. The van der Waals surface area contributed by atoms with Crippen molar-refractivity contribution in [3.8, 4) is 5.75 Å². The Morgan fingerprint density at radius 1 is 1.11 bits per heavy atom. The summed E-state index contributed by atoms with van der Waals surface area (Å²) in [6.45, 7) is 4.27. The van der Waals surface area contributed by atoms with Crippen LogP contribution >= 0.6 is 0 Å². The second-order valence-electron chi connectivity index (χ2n) is 6.35. The molecule has 0 aliphatic rings. The first-order valence-electron chi connectivity index (χ1n) is 8.96. The van der Waals surface area contributed by atoms with Gasteiger partial charge in [-0.1, -0.05) is 31.2 Å². The van der Waals surface area contributed by atoms with Crippen molar-refractivity contribution in [1.29, 1.82) is 0 Å². The van der Waals surface area contributed by atoms with Gasteiger partial charge in [-0.3, -0.25) is 4.79 Å². The maximum Gasteiger partial charge on any atom is 0.336 e. The van der Waals surface area contributed by atoms with Crippen LogP contribution in [-0.2, 0) is 22.6 Å². The van der Waals surface area contributed by atoms with Gasteiger partial charge in [-0.25, -0.2) is 4.79 Å². The number of aryl methyl sites for hydroxylation is 2. The molecule has 0 fully saturated rings. The largest absolute Gasteiger partial charge is 0.493 e. The third-order valence-electron chi connectivity index (χ3n) is 4.26. The molecule has 5 heteroatoms. The van der Waals surface area contributed by atoms with Crippen LogP contribution in [0.2, 0.25) is 0 Å². The highest BCUT2D eigenvalue weighted by atomic mass is 16.5. The second-order valence-corrected chi connectivity index (χ2v) is 6.35. The molecule has 0 aliphatic carbocycles. The summed E-state index contributed by atoms with van der Waals surface area (Å²) in [6.07, 6.45) is 0.979. The van der Waals surface area contributed by atoms with E-state index >= 15 is 0 Å². The summed E-state index contributed by atoms with van der Waals surface area (Å²) in [6, 6.07) is 14.7. The molecule has 0 saturated carbocycles. The molecule has 0 unspecified atom stereocenters. The van der Waals surface area contributed by atoms with Crippen LogP contribution in [0.15, 0.2) is 57.7 Å². The Hall–Kier alpha value is -3.08. The monoisotopic (exact) mass is 366 g/mol. The molecule has 140 valence electrons. The number of rotatable bonds is 7. The minimum absolute atomic E-state index is 0.0247. The zero-order valence-corrected chi connectivity index (χ0v) is 15.5. The van der Waals surface area contributed by atoms with Gasteiger partial charge < -0.3 is 13.9 Å². The molecule has 1 aromatic heterocycles. The lowest BCUT2D eigenvalue weighted by molar-refractivity contribution is -0.145. The van der Waals surface area contributed by atoms with E-state index in [9.17, 15) is 9.59 Å². The molecule has 0 radical (unpaired) electrons. The van der Waals surface area contributed by atoms with E-state index in [-0.39, 0.29) is 25.6 Å². The third-order valence-corrected chi connectivity index (χ3v) is 4.26. The fraction of sp³-hybridized carbons (Fsp3) is 0.273. The van der Waals surface area contributed by atoms with Gasteiger partial charge in [0.1, 0.15) is 17.9 Å². The van der Waals surface area contributed by atoms with Gasteiger partial charge >= 0.3 is 11.6 Å². The Morgan fingerprint density at radius 3 is 2.74 bits per heavy atom. The van der Waals surface area contributed by atoms with Crippen LogP contribution in [0.1, 0.15) is 30.0 Å². The highest BCUT2D eigenvalue weighted by Gasteiger charge is 2.10. The van der Waals surface area contributed by atoms with Crippen LogP contribution in [0.4, 0.5) is 0 Å². The maximum absolute atomic E-state index is 12.0. The lowest BCUT2D eigenvalue weighted by Crippen LogP contribution is -2.11. The lowest BCUT2D eigenvalue weighted by Gasteiger charge is -2.09. The number of hydrogen-bond donors (Lipinski definition) is 0. The van der Waals surface area contributed by atoms with E-state index in [1.165, 1.54) is 6.07 Å². The molecule has 2 aromatic carbocycles. The van der Waals surface area contributed by atoms with Crippen LogP contribution in [-0.4, -0.2) is 12.6 Å². The summed E-state index contributed by atoms with van der Waals surface area (Å²) in [4.78, 5) is 23.8. The molecular weight excluding hydrogens is 344 g/mol. The van der Waals surface area contributed by atoms with E-state index in [0.717, 1.165) is 28.7 Å². The molecule has 0 spiro atoms. The van der Waals surface area contributed by atoms with Crippen LogP contribution < -0.4 is 10.4 Å². The Bertz CT molecular complexity index is 1000. The number of hydrogen-bond acceptors (Lipinski definition) is 5. The van der Waals surface area contributed by atoms with Crippen molar-refractivity contribution in [2.75, 3.05) is 6.61 Å². The predicted octanol–water partition coefficient (Wildman–Crippen LogP) is 4.18. The highest BCUT2D eigenvalue weighted by Crippen LogP contribution is 2.20. The van der Waals surface area contributed by atoms with Gasteiger partial charge in [0.15, 0.2) is 0 Å². The third kappa shape index (κ3) is 4.97. The molecule has 0 amide bonds. The van der Waals surface area contributed by atoms with E-state index < -0.39 is 5.63 Å². The molecule has 1 heterocycles. The molecular formula is C22H22O5. The summed E-state index contributed by atoms with van der Waals surface area (Å²) in [5.74, 6) is 0.343. The van der Waals surface area contributed by atoms with Gasteiger partial charge in [-0.05, 0) is 42.7 Å². The number of esters is 1. The average Bonchev–Trinajstić information content (AvgIpc) is 2.65. The number of carbonyl (C=O) groups is 1. The van der Waals surface area contributed by atoms with Crippen LogP contribution in [0, 0.1) is 6.92 Å². The molecule has 0 aliphatic heterocycles. The highest BCUT2D eigenvalue weighted by molar-refractivity contribution is 5.81. The summed E-state index contributed by atoms with van der Waals surface area (Å²) >= 11 is 0. The van der Waals surface area contributed by atoms with Crippen LogP contribution in [0.5, 0.6) is 5.75 Å². The lowest BCUT2D eigenvalue weighted by atomic mass is 10.1. The standard InChI is InChI=1S/C22H22O5/c1-3-16-7-8-19-17(13-22(24)27-20(19)12-16)14-26-21(23)9-10-25-18-6-4-5-15(2)11-18/h4-8,11-13H,3,9-10,14H2,1-2H3. The molecule has 3 aromatic rings. The Kier molecular flexibility index (Phi) is 5.91. The van der Waals surface area contributed by atoms with Crippen LogP contribution in [0.25, 0.3) is 11.0 Å². The first-order chi connectivity index (χ1) is 13.0. The van der Waals surface area contributed by atoms with Crippen molar-refractivity contribution in [2.45, 2.75) is 33.3 Å². The van der Waals surface area contributed by atoms with Gasteiger partial charge in [0.05, 0.1) is 13.0 Å². The second kappa shape index (κ2) is 8.54. The summed E-state index contributed by atoms with van der Waals surface area (Å²) in [5.41, 5.74) is 2.86. The number of carbonyl (C=O) groups excluding carboxylic acids is 1. The van der Waals surface area contributed by atoms with Gasteiger partial charge in [0.25, 0.3) is 0 Å². The van der Waals surface area contributed by atoms with Crippen molar-refractivity contribution in [3.63, 3.8) is 0 Å². The fourth-order valence-corrected chi connectivity index (χ4v) is 2.80. The summed E-state index contributed by atoms with van der Waals surface area (Å²) in [5, 5.41) is 0.774. The van der Waals surface area contributed by atoms with E-state index in [2.05, 4.69) is 0 Å². The van der Waals surface area contributed by atoms with Gasteiger partial charge in [-0.2, -0.15) is 0 Å². The van der Waals surface area contributed by atoms with E-state index in [4.69, 9.17) is 13.9 Å². The number of benzene rings is 2. The molecule has 3 rings (SSSR count). The Morgan fingerprint density at radius 2 is 1.96 bits per heavy atom. The maximum atomic E-state index is 12.0. The molecule has 27 heavy (non-hydrogen) atoms. The minimum atomic E-state index is -0.454. The van der Waals surface area contributed by atoms with Crippen molar-refractivity contribution >= 4 is 16.9 Å². The smallest absolute Gasteiger partial charge is 0.336 e. The molecule has 5 nitrogen and oxygen atoms in total. The van der Waals surface area contributed by atoms with Crippen molar-refractivity contribution in [3.05, 3.63) is 75.6 Å². The first kappa shape index (κ1) is 18.7. The van der Waals surface area contributed by atoms with E-state index in [0.29, 0.717) is 11.1 Å². The quantitative estimate of drug-likeness (QED) is 0.464. The van der Waals surface area contributed by atoms with Crippen molar-refractivity contribution in [1.82, 2.24) is 0 Å². The normalized spacial score (nSPS) is 10.7. The Labute approximate surface area is 157 Å². The van der Waals surface area contributed by atoms with Crippen LogP contribution in [0.3, 0.4) is 0 Å². The van der Waals surface area contributed by atoms with E-state index in [1.54, 1.807) is 0 Å². The number of ether oxygens (including phenoxy) is 2. The molecule has 0 saturated heterocycles. The summed E-state index contributed by atoms with van der Waals surface area (Å²) < 4.78 is 16.1. The van der Waals surface area contributed by atoms with Gasteiger partial charge in [0.2, 0.25) is 0 Å². The molecule has 0 N–H and O–H groups in total. The average molecular weight is 366 g/mol. The predicted molar refractivity (Wildman–Crippen MR) is 103 cm³/mol. The van der Waals surface area contributed by atoms with Crippen molar-refractivity contribution < 1.29 is 18.7 Å². The Balaban J connectivity index is 1.59. The topological polar surface area (TPSA) is 65.7 Å².